The second-order valence-electron chi connectivity index (χ2n) is 6.30. The predicted octanol–water partition coefficient (Wildman–Crippen LogP) is 2.03. The van der Waals surface area contributed by atoms with E-state index in [9.17, 15) is 9.59 Å². The molecule has 7 heteroatoms. The standard InChI is InChI=1S/C14H23N3O3S/c1-8(12-17-10(7-21-12)13(19)20)16-11(18)9(6-15)5-14(2,3)4/h7-9H,5-6,15H2,1-4H3,(H,16,18)(H,19,20). The zero-order chi connectivity index (χ0) is 16.2. The van der Waals surface area contributed by atoms with E-state index in [-0.39, 0.29) is 35.5 Å². The maximum absolute atomic E-state index is 12.2. The summed E-state index contributed by atoms with van der Waals surface area (Å²) in [4.78, 5) is 27.1. The topological polar surface area (TPSA) is 105 Å². The molecule has 0 bridgehead atoms. The van der Waals surface area contributed by atoms with Crippen LogP contribution in [-0.4, -0.2) is 28.5 Å². The van der Waals surface area contributed by atoms with Crippen LogP contribution >= 0.6 is 11.3 Å². The number of rotatable bonds is 6. The van der Waals surface area contributed by atoms with Gasteiger partial charge in [-0.2, -0.15) is 0 Å². The number of hydrogen-bond donors (Lipinski definition) is 3. The number of nitrogens with one attached hydrogen (secondary N) is 1. The van der Waals surface area contributed by atoms with Crippen molar-refractivity contribution in [1.82, 2.24) is 10.3 Å². The fourth-order valence-electron chi connectivity index (χ4n) is 2.00. The molecule has 6 nitrogen and oxygen atoms in total. The highest BCUT2D eigenvalue weighted by Crippen LogP contribution is 2.25. The Balaban J connectivity index is 2.69. The number of nitrogens with two attached hydrogens (primary N) is 1. The molecule has 0 aliphatic rings. The fraction of sp³-hybridized carbons (Fsp3) is 0.643. The minimum Gasteiger partial charge on any atom is -0.476 e. The Labute approximate surface area is 128 Å². The van der Waals surface area contributed by atoms with Crippen LogP contribution in [0.15, 0.2) is 5.38 Å². The zero-order valence-electron chi connectivity index (χ0n) is 12.8. The lowest BCUT2D eigenvalue weighted by Gasteiger charge is -2.25. The van der Waals surface area contributed by atoms with Gasteiger partial charge in [0, 0.05) is 11.9 Å². The largest absolute Gasteiger partial charge is 0.476 e. The second kappa shape index (κ2) is 7.00. The monoisotopic (exact) mass is 313 g/mol. The van der Waals surface area contributed by atoms with Gasteiger partial charge >= 0.3 is 5.97 Å². The Morgan fingerprint density at radius 3 is 2.52 bits per heavy atom. The number of carbonyl (C=O) groups is 2. The van der Waals surface area contributed by atoms with Crippen LogP contribution in [-0.2, 0) is 4.79 Å². The van der Waals surface area contributed by atoms with Gasteiger partial charge in [-0.15, -0.1) is 11.3 Å². The third kappa shape index (κ3) is 5.43. The molecule has 1 aromatic heterocycles. The first-order valence-corrected chi connectivity index (χ1v) is 7.71. The molecule has 1 aromatic rings. The van der Waals surface area contributed by atoms with Crippen LogP contribution in [0.5, 0.6) is 0 Å². The molecular formula is C14H23N3O3S. The maximum Gasteiger partial charge on any atom is 0.355 e. The quantitative estimate of drug-likeness (QED) is 0.745. The average molecular weight is 313 g/mol. The minimum absolute atomic E-state index is 0.00108. The Morgan fingerprint density at radius 1 is 1.48 bits per heavy atom. The summed E-state index contributed by atoms with van der Waals surface area (Å²) in [5.74, 6) is -1.44. The predicted molar refractivity (Wildman–Crippen MR) is 82.2 cm³/mol. The molecule has 1 amide bonds. The van der Waals surface area contributed by atoms with E-state index in [1.54, 1.807) is 6.92 Å². The van der Waals surface area contributed by atoms with Crippen molar-refractivity contribution >= 4 is 23.2 Å². The normalized spacial score (nSPS) is 14.5. The molecule has 2 unspecified atom stereocenters. The molecule has 0 spiro atoms. The van der Waals surface area contributed by atoms with Crippen molar-refractivity contribution in [2.75, 3.05) is 6.54 Å². The molecule has 0 radical (unpaired) electrons. The lowest BCUT2D eigenvalue weighted by molar-refractivity contribution is -0.126. The van der Waals surface area contributed by atoms with Crippen molar-refractivity contribution in [2.24, 2.45) is 17.1 Å². The van der Waals surface area contributed by atoms with Gasteiger partial charge in [-0.3, -0.25) is 4.79 Å². The number of nitrogens with zero attached hydrogens (tertiary/aromatic N) is 1. The summed E-state index contributed by atoms with van der Waals surface area (Å²) in [6, 6.07) is -0.329. The molecule has 1 heterocycles. The molecule has 4 N–H and O–H groups in total. The Hall–Kier alpha value is -1.47. The highest BCUT2D eigenvalue weighted by Gasteiger charge is 2.25. The number of carboxylic acids is 1. The first kappa shape index (κ1) is 17.6. The molecule has 2 atom stereocenters. The molecule has 0 saturated heterocycles. The number of carbonyl (C=O) groups excluding carboxylic acids is 1. The molecule has 21 heavy (non-hydrogen) atoms. The molecular weight excluding hydrogens is 290 g/mol. The van der Waals surface area contributed by atoms with Crippen LogP contribution in [0.4, 0.5) is 0 Å². The molecule has 0 fully saturated rings. The zero-order valence-corrected chi connectivity index (χ0v) is 13.7. The van der Waals surface area contributed by atoms with Crippen LogP contribution in [0, 0.1) is 11.3 Å². The summed E-state index contributed by atoms with van der Waals surface area (Å²) in [5.41, 5.74) is 5.70. The third-order valence-electron chi connectivity index (χ3n) is 2.98. The first-order chi connectivity index (χ1) is 9.64. The van der Waals surface area contributed by atoms with Gasteiger partial charge in [-0.1, -0.05) is 20.8 Å². The van der Waals surface area contributed by atoms with Crippen LogP contribution in [0.3, 0.4) is 0 Å². The van der Waals surface area contributed by atoms with E-state index in [2.05, 4.69) is 31.1 Å². The van der Waals surface area contributed by atoms with Crippen molar-refractivity contribution < 1.29 is 14.7 Å². The summed E-state index contributed by atoms with van der Waals surface area (Å²) in [6.45, 7) is 8.26. The van der Waals surface area contributed by atoms with Crippen molar-refractivity contribution in [1.29, 1.82) is 0 Å². The Morgan fingerprint density at radius 2 is 2.10 bits per heavy atom. The van der Waals surface area contributed by atoms with E-state index in [0.29, 0.717) is 11.4 Å². The third-order valence-corrected chi connectivity index (χ3v) is 4.01. The van der Waals surface area contributed by atoms with Gasteiger partial charge in [0.1, 0.15) is 5.01 Å². The summed E-state index contributed by atoms with van der Waals surface area (Å²) >= 11 is 1.22. The van der Waals surface area contributed by atoms with E-state index in [4.69, 9.17) is 10.8 Å². The van der Waals surface area contributed by atoms with E-state index >= 15 is 0 Å². The summed E-state index contributed by atoms with van der Waals surface area (Å²) in [7, 11) is 0. The lowest BCUT2D eigenvalue weighted by atomic mass is 9.84. The number of amides is 1. The number of thiazole rings is 1. The minimum atomic E-state index is -1.07. The number of carboxylic acid groups (broad SMARTS) is 1. The van der Waals surface area contributed by atoms with Gasteiger partial charge in [-0.05, 0) is 18.8 Å². The summed E-state index contributed by atoms with van der Waals surface area (Å²) in [6.07, 6.45) is 0.695. The van der Waals surface area contributed by atoms with Gasteiger partial charge in [0.2, 0.25) is 5.91 Å². The van der Waals surface area contributed by atoms with Gasteiger partial charge in [0.05, 0.1) is 12.0 Å². The highest BCUT2D eigenvalue weighted by molar-refractivity contribution is 7.09. The van der Waals surface area contributed by atoms with E-state index in [1.165, 1.54) is 16.7 Å². The van der Waals surface area contributed by atoms with Crippen LogP contribution in [0.25, 0.3) is 0 Å². The Bertz CT molecular complexity index is 508. The van der Waals surface area contributed by atoms with Crippen molar-refractivity contribution in [3.8, 4) is 0 Å². The van der Waals surface area contributed by atoms with Crippen LogP contribution in [0.2, 0.25) is 0 Å². The lowest BCUT2D eigenvalue weighted by Crippen LogP contribution is -2.38. The van der Waals surface area contributed by atoms with Gasteiger partial charge in [0.15, 0.2) is 5.69 Å². The average Bonchev–Trinajstić information content (AvgIpc) is 2.84. The number of aromatic nitrogens is 1. The molecule has 1 rings (SSSR count). The Kier molecular flexibility index (Phi) is 5.86. The van der Waals surface area contributed by atoms with E-state index in [0.717, 1.165) is 0 Å². The number of aromatic carboxylic acids is 1. The fourth-order valence-corrected chi connectivity index (χ4v) is 2.80. The van der Waals surface area contributed by atoms with Crippen molar-refractivity contribution in [3.63, 3.8) is 0 Å². The van der Waals surface area contributed by atoms with Gasteiger partial charge in [0.25, 0.3) is 0 Å². The van der Waals surface area contributed by atoms with E-state index in [1.807, 2.05) is 0 Å². The van der Waals surface area contributed by atoms with Crippen molar-refractivity contribution in [2.45, 2.75) is 40.2 Å². The molecule has 0 saturated carbocycles. The molecule has 0 aliphatic heterocycles. The van der Waals surface area contributed by atoms with Crippen molar-refractivity contribution in [3.05, 3.63) is 16.1 Å². The molecule has 0 aliphatic carbocycles. The maximum atomic E-state index is 12.2. The second-order valence-corrected chi connectivity index (χ2v) is 7.19. The SMILES string of the molecule is CC(NC(=O)C(CN)CC(C)(C)C)c1nc(C(=O)O)cs1. The van der Waals surface area contributed by atoms with Crippen LogP contribution in [0.1, 0.15) is 55.7 Å². The molecule has 0 aromatic carbocycles. The highest BCUT2D eigenvalue weighted by atomic mass is 32.1. The van der Waals surface area contributed by atoms with Gasteiger partial charge < -0.3 is 16.2 Å². The first-order valence-electron chi connectivity index (χ1n) is 6.83. The van der Waals surface area contributed by atoms with Gasteiger partial charge in [-0.25, -0.2) is 9.78 Å². The summed E-state index contributed by atoms with van der Waals surface area (Å²) < 4.78 is 0. The van der Waals surface area contributed by atoms with E-state index < -0.39 is 5.97 Å². The van der Waals surface area contributed by atoms with Crippen LogP contribution < -0.4 is 11.1 Å². The smallest absolute Gasteiger partial charge is 0.355 e. The number of hydrogen-bond acceptors (Lipinski definition) is 5. The summed E-state index contributed by atoms with van der Waals surface area (Å²) in [5, 5.41) is 13.8. The molecule has 118 valence electrons.